The molecule has 0 bridgehead atoms. The van der Waals surface area contributed by atoms with Crippen molar-refractivity contribution >= 4 is 18.4 Å². The number of rotatable bonds is 4. The molecule has 0 atom stereocenters. The number of hydrogen-bond donors (Lipinski definition) is 0. The Morgan fingerprint density at radius 2 is 1.65 bits per heavy atom. The summed E-state index contributed by atoms with van der Waals surface area (Å²) in [6.45, 7) is 10.9. The average molecular weight is 270 g/mol. The molecule has 0 saturated heterocycles. The second kappa shape index (κ2) is 4.76. The van der Waals surface area contributed by atoms with Gasteiger partial charge in [-0.15, -0.1) is 6.58 Å². The van der Waals surface area contributed by atoms with Crippen molar-refractivity contribution in [1.29, 1.82) is 0 Å². The van der Waals surface area contributed by atoms with E-state index in [0.29, 0.717) is 0 Å². The van der Waals surface area contributed by atoms with Gasteiger partial charge in [-0.2, -0.15) is 8.42 Å². The van der Waals surface area contributed by atoms with Crippen LogP contribution in [0.4, 0.5) is 0 Å². The van der Waals surface area contributed by atoms with Crippen LogP contribution in [0.5, 0.6) is 0 Å². The Kier molecular flexibility index (Phi) is 3.96. The van der Waals surface area contributed by atoms with Crippen LogP contribution in [0.1, 0.15) is 11.1 Å². The van der Waals surface area contributed by atoms with Crippen molar-refractivity contribution in [2.45, 2.75) is 31.8 Å². The van der Waals surface area contributed by atoms with Crippen molar-refractivity contribution in [3.05, 3.63) is 41.6 Å². The molecule has 1 aromatic carbocycles. The molecule has 1 rings (SSSR count). The van der Waals surface area contributed by atoms with Gasteiger partial charge < -0.3 is 3.87 Å². The Balaban J connectivity index is 3.18. The van der Waals surface area contributed by atoms with Gasteiger partial charge in [-0.1, -0.05) is 11.8 Å². The van der Waals surface area contributed by atoms with Crippen molar-refractivity contribution in [3.63, 3.8) is 0 Å². The fourth-order valence-electron chi connectivity index (χ4n) is 1.44. The summed E-state index contributed by atoms with van der Waals surface area (Å²) in [6, 6.07) is 5.17. The average Bonchev–Trinajstić information content (AvgIpc) is 2.14. The van der Waals surface area contributed by atoms with E-state index >= 15 is 0 Å². The van der Waals surface area contributed by atoms with E-state index < -0.39 is 18.4 Å². The number of benzene rings is 1. The molecule has 0 spiro atoms. The van der Waals surface area contributed by atoms with E-state index in [1.54, 1.807) is 30.9 Å². The van der Waals surface area contributed by atoms with Gasteiger partial charge in [0.2, 0.25) is 8.32 Å². The van der Waals surface area contributed by atoms with Gasteiger partial charge in [-0.05, 0) is 50.2 Å². The summed E-state index contributed by atoms with van der Waals surface area (Å²) >= 11 is 0. The summed E-state index contributed by atoms with van der Waals surface area (Å²) in [5.74, 6) is 0. The standard InChI is InChI=1S/C12H18O3SSi/c1-6-17(4,5)15-16(13,14)12-8-10(2)7-11(3)9-12/h6-9H,1H2,2-5H3. The number of hydrogen-bond acceptors (Lipinski definition) is 3. The minimum Gasteiger partial charge on any atom is -0.307 e. The van der Waals surface area contributed by atoms with E-state index in [4.69, 9.17) is 3.87 Å². The molecule has 0 aliphatic carbocycles. The predicted octanol–water partition coefficient (Wildman–Crippen LogP) is 2.94. The molecule has 0 aromatic heterocycles. The molecule has 0 saturated carbocycles. The minimum absolute atomic E-state index is 0.220. The van der Waals surface area contributed by atoms with E-state index in [9.17, 15) is 8.42 Å². The van der Waals surface area contributed by atoms with E-state index in [-0.39, 0.29) is 4.90 Å². The van der Waals surface area contributed by atoms with Crippen LogP contribution < -0.4 is 0 Å². The summed E-state index contributed by atoms with van der Waals surface area (Å²) in [4.78, 5) is 0.220. The third-order valence-corrected chi connectivity index (χ3v) is 6.69. The topological polar surface area (TPSA) is 43.4 Å². The van der Waals surface area contributed by atoms with Gasteiger partial charge in [-0.25, -0.2) is 0 Å². The first kappa shape index (κ1) is 14.1. The molecule has 0 aliphatic rings. The molecule has 0 heterocycles. The lowest BCUT2D eigenvalue weighted by Gasteiger charge is -2.18. The molecule has 5 heteroatoms. The van der Waals surface area contributed by atoms with Gasteiger partial charge in [0.15, 0.2) is 0 Å². The molecule has 17 heavy (non-hydrogen) atoms. The molecule has 0 aliphatic heterocycles. The van der Waals surface area contributed by atoms with Crippen molar-refractivity contribution in [3.8, 4) is 0 Å². The van der Waals surface area contributed by atoms with Crippen LogP contribution in [0, 0.1) is 13.8 Å². The lowest BCUT2D eigenvalue weighted by atomic mass is 10.2. The fraction of sp³-hybridized carbons (Fsp3) is 0.333. The summed E-state index contributed by atoms with van der Waals surface area (Å²) in [7, 11) is -6.04. The maximum atomic E-state index is 12.1. The second-order valence-corrected chi connectivity index (χ2v) is 10.3. The Morgan fingerprint density at radius 1 is 1.18 bits per heavy atom. The van der Waals surface area contributed by atoms with Crippen molar-refractivity contribution in [2.24, 2.45) is 0 Å². The highest BCUT2D eigenvalue weighted by atomic mass is 32.2. The first-order chi connectivity index (χ1) is 7.66. The molecule has 3 nitrogen and oxygen atoms in total. The smallest absolute Gasteiger partial charge is 0.287 e. The predicted molar refractivity (Wildman–Crippen MR) is 71.9 cm³/mol. The Labute approximate surface area is 104 Å². The zero-order chi connectivity index (χ0) is 13.3. The fourth-order valence-corrected chi connectivity index (χ4v) is 5.02. The number of aryl methyl sites for hydroxylation is 2. The molecular weight excluding hydrogens is 252 g/mol. The first-order valence-electron chi connectivity index (χ1n) is 5.34. The van der Waals surface area contributed by atoms with Crippen molar-refractivity contribution < 1.29 is 12.3 Å². The van der Waals surface area contributed by atoms with Gasteiger partial charge >= 0.3 is 0 Å². The van der Waals surface area contributed by atoms with Crippen LogP contribution in [0.25, 0.3) is 0 Å². The van der Waals surface area contributed by atoms with Gasteiger partial charge in [0.25, 0.3) is 10.1 Å². The normalized spacial score (nSPS) is 12.5. The van der Waals surface area contributed by atoms with Crippen LogP contribution in [0.2, 0.25) is 13.1 Å². The van der Waals surface area contributed by atoms with Gasteiger partial charge in [-0.3, -0.25) is 0 Å². The molecule has 1 aromatic rings. The van der Waals surface area contributed by atoms with Crippen LogP contribution in [-0.2, 0) is 14.0 Å². The monoisotopic (exact) mass is 270 g/mol. The minimum atomic E-state index is -3.68. The third kappa shape index (κ3) is 3.80. The van der Waals surface area contributed by atoms with Crippen LogP contribution in [0.3, 0.4) is 0 Å². The second-order valence-electron chi connectivity index (χ2n) is 4.67. The van der Waals surface area contributed by atoms with Gasteiger partial charge in [0, 0.05) is 0 Å². The van der Waals surface area contributed by atoms with Crippen LogP contribution in [-0.4, -0.2) is 16.7 Å². The Bertz CT molecular complexity index is 512. The summed E-state index contributed by atoms with van der Waals surface area (Å²) < 4.78 is 29.4. The molecule has 94 valence electrons. The molecule has 0 N–H and O–H groups in total. The van der Waals surface area contributed by atoms with Crippen LogP contribution >= 0.6 is 0 Å². The van der Waals surface area contributed by atoms with Crippen molar-refractivity contribution in [1.82, 2.24) is 0 Å². The Morgan fingerprint density at radius 3 is 2.06 bits per heavy atom. The molecular formula is C12H18O3SSi. The quantitative estimate of drug-likeness (QED) is 0.790. The summed E-state index contributed by atoms with van der Waals surface area (Å²) in [6.07, 6.45) is 0. The summed E-state index contributed by atoms with van der Waals surface area (Å²) in [5.41, 5.74) is 3.42. The molecule has 0 unspecified atom stereocenters. The van der Waals surface area contributed by atoms with Gasteiger partial charge in [0.05, 0.1) is 4.90 Å². The maximum Gasteiger partial charge on any atom is 0.287 e. The van der Waals surface area contributed by atoms with Gasteiger partial charge in [0.1, 0.15) is 0 Å². The lowest BCUT2D eigenvalue weighted by molar-refractivity contribution is 0.488. The van der Waals surface area contributed by atoms with E-state index in [1.165, 1.54) is 0 Å². The highest BCUT2D eigenvalue weighted by molar-refractivity contribution is 7.87. The first-order valence-corrected chi connectivity index (χ1v) is 9.73. The van der Waals surface area contributed by atoms with Crippen molar-refractivity contribution in [2.75, 3.05) is 0 Å². The largest absolute Gasteiger partial charge is 0.307 e. The molecule has 0 amide bonds. The van der Waals surface area contributed by atoms with E-state index in [0.717, 1.165) is 11.1 Å². The highest BCUT2D eigenvalue weighted by Crippen LogP contribution is 2.20. The lowest BCUT2D eigenvalue weighted by Crippen LogP contribution is -2.31. The molecule has 0 radical (unpaired) electrons. The van der Waals surface area contributed by atoms with Crippen LogP contribution in [0.15, 0.2) is 35.4 Å². The summed E-state index contributed by atoms with van der Waals surface area (Å²) in [5, 5.41) is 0. The Hall–Kier alpha value is -0.913. The van der Waals surface area contributed by atoms with E-state index in [1.807, 2.05) is 19.9 Å². The molecule has 0 fully saturated rings. The maximum absolute atomic E-state index is 12.1. The highest BCUT2D eigenvalue weighted by Gasteiger charge is 2.28. The SMILES string of the molecule is C=C[Si](C)(C)OS(=O)(=O)c1cc(C)cc(C)c1. The zero-order valence-electron chi connectivity index (χ0n) is 10.6. The third-order valence-electron chi connectivity index (χ3n) is 2.30. The van der Waals surface area contributed by atoms with E-state index in [2.05, 4.69) is 6.58 Å². The zero-order valence-corrected chi connectivity index (χ0v) is 12.5.